The van der Waals surface area contributed by atoms with E-state index in [9.17, 15) is 18.7 Å². The molecule has 0 aliphatic carbocycles. The van der Waals surface area contributed by atoms with E-state index in [0.29, 0.717) is 5.56 Å². The number of nitrogens with zero attached hydrogens (tertiary/aromatic N) is 2. The lowest BCUT2D eigenvalue weighted by molar-refractivity contribution is -0.126. The van der Waals surface area contributed by atoms with E-state index in [1.165, 1.54) is 13.0 Å². The average molecular weight is 316 g/mol. The molecule has 0 saturated heterocycles. The largest absolute Gasteiger partial charge is 0.367 e. The van der Waals surface area contributed by atoms with Gasteiger partial charge in [-0.15, -0.1) is 10.2 Å². The van der Waals surface area contributed by atoms with E-state index in [0.717, 1.165) is 12.1 Å². The fourth-order valence-electron chi connectivity index (χ4n) is 3.00. The van der Waals surface area contributed by atoms with Gasteiger partial charge < -0.3 is 5.11 Å². The highest BCUT2D eigenvalue weighted by molar-refractivity contribution is 5.86. The van der Waals surface area contributed by atoms with Gasteiger partial charge in [0.05, 0.1) is 11.8 Å². The second-order valence-corrected chi connectivity index (χ2v) is 5.63. The number of rotatable bonds is 2. The molecule has 1 aliphatic heterocycles. The maximum Gasteiger partial charge on any atom is 0.272 e. The van der Waals surface area contributed by atoms with Crippen LogP contribution in [0.4, 0.5) is 8.78 Å². The predicted molar refractivity (Wildman–Crippen MR) is 78.8 cm³/mol. The molecule has 1 amide bonds. The second kappa shape index (κ2) is 5.62. The van der Waals surface area contributed by atoms with Crippen molar-refractivity contribution < 1.29 is 18.7 Å². The zero-order valence-electron chi connectivity index (χ0n) is 12.3. The van der Waals surface area contributed by atoms with Gasteiger partial charge in [0.15, 0.2) is 5.72 Å². The topological polar surface area (TPSA) is 62.0 Å². The van der Waals surface area contributed by atoms with Crippen molar-refractivity contribution in [2.24, 2.45) is 10.2 Å². The Kier molecular flexibility index (Phi) is 3.77. The normalized spacial score (nSPS) is 27.2. The van der Waals surface area contributed by atoms with Crippen molar-refractivity contribution in [2.75, 3.05) is 0 Å². The predicted octanol–water partition coefficient (Wildman–Crippen LogP) is 3.53. The second-order valence-electron chi connectivity index (χ2n) is 5.63. The van der Waals surface area contributed by atoms with Crippen molar-refractivity contribution in [2.45, 2.75) is 24.5 Å². The number of azo groups is 1. The van der Waals surface area contributed by atoms with Gasteiger partial charge in [0, 0.05) is 5.56 Å². The molecular weight excluding hydrogens is 302 g/mol. The summed E-state index contributed by atoms with van der Waals surface area (Å²) in [6.07, 6.45) is 0. The van der Waals surface area contributed by atoms with Gasteiger partial charge in [-0.25, -0.2) is 8.78 Å². The van der Waals surface area contributed by atoms with Gasteiger partial charge in [-0.3, -0.25) is 4.79 Å². The van der Waals surface area contributed by atoms with E-state index in [-0.39, 0.29) is 0 Å². The zero-order valence-corrected chi connectivity index (χ0v) is 12.3. The Hall–Kier alpha value is -2.47. The third-order valence-electron chi connectivity index (χ3n) is 4.01. The van der Waals surface area contributed by atoms with Gasteiger partial charge in [0.25, 0.3) is 5.91 Å². The summed E-state index contributed by atoms with van der Waals surface area (Å²) in [5.41, 5.74) is -1.60. The molecule has 0 radical (unpaired) electrons. The van der Waals surface area contributed by atoms with E-state index < -0.39 is 40.7 Å². The van der Waals surface area contributed by atoms with E-state index in [1.54, 1.807) is 30.3 Å². The lowest BCUT2D eigenvalue weighted by atomic mass is 9.74. The fraction of sp³-hybridized carbons (Fsp3) is 0.235. The lowest BCUT2D eigenvalue weighted by Gasteiger charge is -2.36. The summed E-state index contributed by atoms with van der Waals surface area (Å²) in [7, 11) is 0. The van der Waals surface area contributed by atoms with Crippen LogP contribution in [0.3, 0.4) is 0 Å². The van der Waals surface area contributed by atoms with Crippen molar-refractivity contribution in [1.82, 2.24) is 0 Å². The Morgan fingerprint density at radius 2 is 1.65 bits per heavy atom. The zero-order chi connectivity index (χ0) is 16.6. The van der Waals surface area contributed by atoms with Crippen LogP contribution < -0.4 is 0 Å². The first kappa shape index (κ1) is 15.4. The van der Waals surface area contributed by atoms with Crippen LogP contribution in [0.25, 0.3) is 0 Å². The number of carbonyl (C=O) groups excluding carboxylic acids is 1. The summed E-state index contributed by atoms with van der Waals surface area (Å²) in [6.45, 7) is 1.37. The summed E-state index contributed by atoms with van der Waals surface area (Å²) < 4.78 is 28.4. The van der Waals surface area contributed by atoms with Crippen LogP contribution in [-0.4, -0.2) is 16.7 Å². The lowest BCUT2D eigenvalue weighted by Crippen LogP contribution is -2.41. The van der Waals surface area contributed by atoms with Gasteiger partial charge in [-0.05, 0) is 24.6 Å². The molecule has 0 spiro atoms. The van der Waals surface area contributed by atoms with Crippen molar-refractivity contribution in [3.8, 4) is 0 Å². The van der Waals surface area contributed by atoms with Gasteiger partial charge in [0.1, 0.15) is 11.6 Å². The summed E-state index contributed by atoms with van der Waals surface area (Å²) in [6, 6.07) is 11.9. The molecule has 23 heavy (non-hydrogen) atoms. The molecule has 1 aliphatic rings. The van der Waals surface area contributed by atoms with Gasteiger partial charge in [0.2, 0.25) is 0 Å². The van der Waals surface area contributed by atoms with Crippen LogP contribution in [0.5, 0.6) is 0 Å². The summed E-state index contributed by atoms with van der Waals surface area (Å²) in [5.74, 6) is -4.71. The Bertz CT molecular complexity index is 755. The molecule has 3 unspecified atom stereocenters. The average Bonchev–Trinajstić information content (AvgIpc) is 2.51. The number of hydrogen-bond donors (Lipinski definition) is 1. The van der Waals surface area contributed by atoms with Gasteiger partial charge >= 0.3 is 0 Å². The fourth-order valence-corrected chi connectivity index (χ4v) is 3.00. The van der Waals surface area contributed by atoms with Crippen molar-refractivity contribution in [1.29, 1.82) is 0 Å². The Balaban J connectivity index is 2.23. The van der Waals surface area contributed by atoms with Gasteiger partial charge in [-0.2, -0.15) is 0 Å². The summed E-state index contributed by atoms with van der Waals surface area (Å²) in [5, 5.41) is 17.6. The molecule has 1 heterocycles. The molecule has 1 N–H and O–H groups in total. The minimum Gasteiger partial charge on any atom is -0.367 e. The minimum atomic E-state index is -1.76. The molecule has 3 rings (SSSR count). The molecule has 2 aromatic rings. The van der Waals surface area contributed by atoms with Crippen LogP contribution in [0.15, 0.2) is 58.8 Å². The van der Waals surface area contributed by atoms with E-state index >= 15 is 0 Å². The standard InChI is InChI=1S/C17H14F2N2O2/c1-17(23)15(10-6-3-2-4-7-10)14(16(22)20-21-17)13-11(18)8-5-9-12(13)19/h2-9,14-15,23H,1H3. The van der Waals surface area contributed by atoms with Crippen molar-refractivity contribution >= 4 is 5.91 Å². The first-order valence-corrected chi connectivity index (χ1v) is 7.10. The first-order chi connectivity index (χ1) is 10.9. The van der Waals surface area contributed by atoms with Crippen LogP contribution in [0.2, 0.25) is 0 Å². The van der Waals surface area contributed by atoms with Crippen LogP contribution in [-0.2, 0) is 4.79 Å². The number of aliphatic hydroxyl groups is 1. The number of hydrogen-bond acceptors (Lipinski definition) is 3. The molecule has 2 aromatic carbocycles. The van der Waals surface area contributed by atoms with Crippen LogP contribution in [0.1, 0.15) is 29.9 Å². The third kappa shape index (κ3) is 2.66. The minimum absolute atomic E-state index is 0.398. The molecular formula is C17H14F2N2O2. The Morgan fingerprint density at radius 1 is 1.04 bits per heavy atom. The molecule has 0 aromatic heterocycles. The van der Waals surface area contributed by atoms with Crippen LogP contribution in [0, 0.1) is 11.6 Å². The maximum absolute atomic E-state index is 14.2. The number of halogens is 2. The first-order valence-electron chi connectivity index (χ1n) is 7.10. The number of benzene rings is 2. The third-order valence-corrected chi connectivity index (χ3v) is 4.01. The maximum atomic E-state index is 14.2. The smallest absolute Gasteiger partial charge is 0.272 e. The SMILES string of the molecule is CC1(O)N=NC(=O)C(c2c(F)cccc2F)C1c1ccccc1. The molecule has 0 bridgehead atoms. The summed E-state index contributed by atoms with van der Waals surface area (Å²) >= 11 is 0. The van der Waals surface area contributed by atoms with Gasteiger partial charge in [-0.1, -0.05) is 36.4 Å². The highest BCUT2D eigenvalue weighted by Crippen LogP contribution is 2.46. The van der Waals surface area contributed by atoms with Crippen molar-refractivity contribution in [3.63, 3.8) is 0 Å². The highest BCUT2D eigenvalue weighted by atomic mass is 19.1. The molecule has 6 heteroatoms. The molecule has 4 nitrogen and oxygen atoms in total. The van der Waals surface area contributed by atoms with Crippen molar-refractivity contribution in [3.05, 3.63) is 71.3 Å². The Morgan fingerprint density at radius 3 is 2.26 bits per heavy atom. The number of amides is 1. The van der Waals surface area contributed by atoms with E-state index in [2.05, 4.69) is 10.2 Å². The molecule has 0 fully saturated rings. The van der Waals surface area contributed by atoms with E-state index in [4.69, 9.17) is 0 Å². The monoisotopic (exact) mass is 316 g/mol. The molecule has 3 atom stereocenters. The number of carbonyl (C=O) groups is 1. The molecule has 118 valence electrons. The molecule has 0 saturated carbocycles. The van der Waals surface area contributed by atoms with E-state index in [1.807, 2.05) is 0 Å². The van der Waals surface area contributed by atoms with Crippen LogP contribution >= 0.6 is 0 Å². The quantitative estimate of drug-likeness (QED) is 0.921. The Labute approximate surface area is 131 Å². The summed E-state index contributed by atoms with van der Waals surface area (Å²) in [4.78, 5) is 12.3. The highest BCUT2D eigenvalue weighted by Gasteiger charge is 2.48.